The minimum absolute atomic E-state index is 0.199. The molecule has 0 aromatic carbocycles. The van der Waals surface area contributed by atoms with E-state index in [9.17, 15) is 4.79 Å². The lowest BCUT2D eigenvalue weighted by atomic mass is 10.1. The standard InChI is InChI=1S/C11H10ClN3O2S2/c12-9-2-1-8(19-9)6-5-7(17-15-6)10(16)14-11-13-3-4-18-11/h1-2,7H,3-5H2,(H,13,14,16)/t7-/m1/s1. The highest BCUT2D eigenvalue weighted by Gasteiger charge is 2.30. The molecule has 1 atom stereocenters. The van der Waals surface area contributed by atoms with Crippen LogP contribution in [0.3, 0.4) is 0 Å². The fourth-order valence-electron chi connectivity index (χ4n) is 1.73. The number of hydrogen-bond donors (Lipinski definition) is 1. The van der Waals surface area contributed by atoms with Crippen LogP contribution in [0.25, 0.3) is 0 Å². The molecule has 0 saturated heterocycles. The predicted octanol–water partition coefficient (Wildman–Crippen LogP) is 2.11. The number of carbonyl (C=O) groups excluding carboxylic acids is 1. The molecule has 0 spiro atoms. The van der Waals surface area contributed by atoms with Crippen LogP contribution < -0.4 is 5.32 Å². The molecule has 2 aliphatic rings. The van der Waals surface area contributed by atoms with Crippen molar-refractivity contribution in [3.63, 3.8) is 0 Å². The zero-order chi connectivity index (χ0) is 13.2. The Balaban J connectivity index is 1.59. The third-order valence-corrected chi connectivity index (χ3v) is 4.81. The molecule has 100 valence electrons. The summed E-state index contributed by atoms with van der Waals surface area (Å²) in [5.74, 6) is 0.714. The maximum absolute atomic E-state index is 12.0. The number of amidine groups is 1. The van der Waals surface area contributed by atoms with Gasteiger partial charge in [0.05, 0.1) is 15.8 Å². The first-order valence-electron chi connectivity index (χ1n) is 5.69. The Hall–Kier alpha value is -1.05. The molecule has 0 radical (unpaired) electrons. The van der Waals surface area contributed by atoms with Crippen molar-refractivity contribution in [2.75, 3.05) is 12.3 Å². The maximum atomic E-state index is 12.0. The lowest BCUT2D eigenvalue weighted by Crippen LogP contribution is -2.37. The zero-order valence-corrected chi connectivity index (χ0v) is 12.1. The van der Waals surface area contributed by atoms with Crippen molar-refractivity contribution >= 4 is 51.5 Å². The molecule has 0 saturated carbocycles. The van der Waals surface area contributed by atoms with Crippen LogP contribution in [0.15, 0.2) is 22.3 Å². The number of nitrogens with zero attached hydrogens (tertiary/aromatic N) is 2. The third kappa shape index (κ3) is 2.93. The molecule has 0 aliphatic carbocycles. The molecular weight excluding hydrogens is 306 g/mol. The first kappa shape index (κ1) is 13.0. The SMILES string of the molecule is O=C(NC1=NCCS1)[C@H]1CC(c2ccc(Cl)s2)=NO1. The van der Waals surface area contributed by atoms with Crippen molar-refractivity contribution in [3.05, 3.63) is 21.3 Å². The summed E-state index contributed by atoms with van der Waals surface area (Å²) in [5.41, 5.74) is 0.762. The fourth-order valence-corrected chi connectivity index (χ4v) is 3.49. The predicted molar refractivity (Wildman–Crippen MR) is 78.3 cm³/mol. The fraction of sp³-hybridized carbons (Fsp3) is 0.364. The van der Waals surface area contributed by atoms with E-state index in [0.29, 0.717) is 15.9 Å². The Labute approximate surface area is 123 Å². The smallest absolute Gasteiger partial charge is 0.270 e. The molecule has 0 fully saturated rings. The third-order valence-electron chi connectivity index (χ3n) is 2.63. The molecule has 2 aliphatic heterocycles. The minimum Gasteiger partial charge on any atom is -0.382 e. The second-order valence-electron chi connectivity index (χ2n) is 3.96. The largest absolute Gasteiger partial charge is 0.382 e. The van der Waals surface area contributed by atoms with Crippen molar-refractivity contribution in [1.82, 2.24) is 5.32 Å². The highest BCUT2D eigenvalue weighted by Crippen LogP contribution is 2.26. The van der Waals surface area contributed by atoms with Gasteiger partial charge in [-0.05, 0) is 12.1 Å². The van der Waals surface area contributed by atoms with Crippen molar-refractivity contribution < 1.29 is 9.63 Å². The average Bonchev–Trinajstić information content (AvgIpc) is 3.07. The molecule has 1 N–H and O–H groups in total. The maximum Gasteiger partial charge on any atom is 0.270 e. The van der Waals surface area contributed by atoms with Gasteiger partial charge < -0.3 is 10.2 Å². The van der Waals surface area contributed by atoms with E-state index in [1.807, 2.05) is 6.07 Å². The van der Waals surface area contributed by atoms with E-state index < -0.39 is 6.10 Å². The number of aliphatic imine (C=N–C) groups is 1. The molecule has 1 aromatic rings. The lowest BCUT2D eigenvalue weighted by molar-refractivity contribution is -0.129. The van der Waals surface area contributed by atoms with Crippen LogP contribution in [0.4, 0.5) is 0 Å². The van der Waals surface area contributed by atoms with Crippen LogP contribution in [-0.4, -0.2) is 35.2 Å². The van der Waals surface area contributed by atoms with E-state index in [2.05, 4.69) is 15.5 Å². The van der Waals surface area contributed by atoms with Crippen LogP contribution in [0.1, 0.15) is 11.3 Å². The van der Waals surface area contributed by atoms with Gasteiger partial charge in [-0.25, -0.2) is 0 Å². The van der Waals surface area contributed by atoms with Crippen LogP contribution in [0.2, 0.25) is 4.34 Å². The minimum atomic E-state index is -0.584. The summed E-state index contributed by atoms with van der Waals surface area (Å²) in [4.78, 5) is 22.2. The lowest BCUT2D eigenvalue weighted by Gasteiger charge is -2.08. The van der Waals surface area contributed by atoms with E-state index in [1.54, 1.807) is 6.07 Å². The van der Waals surface area contributed by atoms with Gasteiger partial charge in [0, 0.05) is 12.2 Å². The quantitative estimate of drug-likeness (QED) is 0.909. The number of thioether (sulfide) groups is 1. The number of thiophene rings is 1. The molecule has 1 amide bonds. The van der Waals surface area contributed by atoms with Crippen LogP contribution in [0.5, 0.6) is 0 Å². The van der Waals surface area contributed by atoms with Crippen molar-refractivity contribution in [1.29, 1.82) is 0 Å². The van der Waals surface area contributed by atoms with Crippen molar-refractivity contribution in [2.24, 2.45) is 10.1 Å². The van der Waals surface area contributed by atoms with Gasteiger partial charge in [0.25, 0.3) is 5.91 Å². The van der Waals surface area contributed by atoms with Gasteiger partial charge in [-0.1, -0.05) is 28.5 Å². The Kier molecular flexibility index (Phi) is 3.76. The Morgan fingerprint density at radius 3 is 3.11 bits per heavy atom. The topological polar surface area (TPSA) is 63.0 Å². The molecule has 0 bridgehead atoms. The van der Waals surface area contributed by atoms with E-state index in [-0.39, 0.29) is 5.91 Å². The van der Waals surface area contributed by atoms with Gasteiger partial charge in [0.1, 0.15) is 5.71 Å². The molecule has 0 unspecified atom stereocenters. The van der Waals surface area contributed by atoms with Gasteiger partial charge in [0.2, 0.25) is 6.10 Å². The molecule has 1 aromatic heterocycles. The van der Waals surface area contributed by atoms with Crippen LogP contribution in [0, 0.1) is 0 Å². The van der Waals surface area contributed by atoms with Crippen LogP contribution >= 0.6 is 34.7 Å². The zero-order valence-electron chi connectivity index (χ0n) is 9.76. The van der Waals surface area contributed by atoms with Crippen molar-refractivity contribution in [3.8, 4) is 0 Å². The van der Waals surface area contributed by atoms with Crippen molar-refractivity contribution in [2.45, 2.75) is 12.5 Å². The van der Waals surface area contributed by atoms with Crippen LogP contribution in [-0.2, 0) is 9.63 Å². The number of hydrogen-bond acceptors (Lipinski definition) is 6. The Morgan fingerprint density at radius 2 is 2.42 bits per heavy atom. The average molecular weight is 316 g/mol. The number of carbonyl (C=O) groups is 1. The summed E-state index contributed by atoms with van der Waals surface area (Å²) >= 11 is 8.84. The second-order valence-corrected chi connectivity index (χ2v) is 6.76. The van der Waals surface area contributed by atoms with E-state index >= 15 is 0 Å². The highest BCUT2D eigenvalue weighted by molar-refractivity contribution is 8.14. The van der Waals surface area contributed by atoms with Gasteiger partial charge in [0.15, 0.2) is 5.17 Å². The number of rotatable bonds is 2. The summed E-state index contributed by atoms with van der Waals surface area (Å²) in [6.07, 6.45) is -0.125. The number of halogens is 1. The van der Waals surface area contributed by atoms with Gasteiger partial charge in [-0.3, -0.25) is 9.79 Å². The normalized spacial score (nSPS) is 21.8. The summed E-state index contributed by atoms with van der Waals surface area (Å²) in [6.45, 7) is 0.751. The van der Waals surface area contributed by atoms with E-state index in [0.717, 1.165) is 22.9 Å². The first-order valence-corrected chi connectivity index (χ1v) is 7.87. The summed E-state index contributed by atoms with van der Waals surface area (Å²) in [5, 5.41) is 7.38. The molecular formula is C11H10ClN3O2S2. The highest BCUT2D eigenvalue weighted by atomic mass is 35.5. The summed E-state index contributed by atoms with van der Waals surface area (Å²) in [6, 6.07) is 3.69. The molecule has 3 heterocycles. The summed E-state index contributed by atoms with van der Waals surface area (Å²) in [7, 11) is 0. The van der Waals surface area contributed by atoms with E-state index in [1.165, 1.54) is 23.1 Å². The Bertz CT molecular complexity index is 570. The second kappa shape index (κ2) is 5.52. The number of oxime groups is 1. The summed E-state index contributed by atoms with van der Waals surface area (Å²) < 4.78 is 0.697. The number of amides is 1. The molecule has 8 heteroatoms. The van der Waals surface area contributed by atoms with Gasteiger partial charge in [-0.2, -0.15) is 0 Å². The van der Waals surface area contributed by atoms with Gasteiger partial charge in [-0.15, -0.1) is 11.3 Å². The van der Waals surface area contributed by atoms with Gasteiger partial charge >= 0.3 is 0 Å². The molecule has 3 rings (SSSR count). The Morgan fingerprint density at radius 1 is 1.53 bits per heavy atom. The number of nitrogens with one attached hydrogen (secondary N) is 1. The van der Waals surface area contributed by atoms with E-state index in [4.69, 9.17) is 16.4 Å². The molecule has 5 nitrogen and oxygen atoms in total. The monoisotopic (exact) mass is 315 g/mol. The first-order chi connectivity index (χ1) is 9.22. The molecule has 19 heavy (non-hydrogen) atoms.